The maximum absolute atomic E-state index is 6.04. The molecule has 20 heavy (non-hydrogen) atoms. The molecule has 0 radical (unpaired) electrons. The Bertz CT molecular complexity index is 447. The fourth-order valence-corrected chi connectivity index (χ4v) is 2.35. The number of guanidine groups is 1. The molecule has 5 heteroatoms. The summed E-state index contributed by atoms with van der Waals surface area (Å²) in [7, 11) is 0. The molecule has 1 saturated heterocycles. The van der Waals surface area contributed by atoms with Gasteiger partial charge in [-0.25, -0.2) is 0 Å². The highest BCUT2D eigenvalue weighted by Crippen LogP contribution is 2.19. The van der Waals surface area contributed by atoms with Crippen LogP contribution in [0.4, 0.5) is 5.69 Å². The van der Waals surface area contributed by atoms with Crippen LogP contribution in [0.3, 0.4) is 0 Å². The third-order valence-electron chi connectivity index (χ3n) is 3.41. The van der Waals surface area contributed by atoms with Gasteiger partial charge in [-0.1, -0.05) is 25.4 Å². The zero-order valence-electron chi connectivity index (χ0n) is 12.2. The van der Waals surface area contributed by atoms with E-state index < -0.39 is 0 Å². The van der Waals surface area contributed by atoms with Gasteiger partial charge < -0.3 is 15.5 Å². The van der Waals surface area contributed by atoms with Gasteiger partial charge in [0.25, 0.3) is 0 Å². The van der Waals surface area contributed by atoms with E-state index in [2.05, 4.69) is 40.8 Å². The van der Waals surface area contributed by atoms with Crippen molar-refractivity contribution in [2.75, 3.05) is 37.6 Å². The monoisotopic (exact) mass is 294 g/mol. The number of benzene rings is 1. The van der Waals surface area contributed by atoms with Crippen LogP contribution in [0.1, 0.15) is 13.8 Å². The van der Waals surface area contributed by atoms with E-state index in [1.165, 1.54) is 5.69 Å². The second-order valence-corrected chi connectivity index (χ2v) is 5.98. The number of rotatable bonds is 3. The van der Waals surface area contributed by atoms with Gasteiger partial charge in [0.05, 0.1) is 0 Å². The molecule has 1 fully saturated rings. The molecule has 0 amide bonds. The first kappa shape index (κ1) is 15.0. The highest BCUT2D eigenvalue weighted by atomic mass is 35.5. The lowest BCUT2D eigenvalue weighted by Gasteiger charge is -2.36. The molecule has 1 aromatic carbocycles. The maximum atomic E-state index is 6.04. The first-order valence-corrected chi connectivity index (χ1v) is 7.49. The van der Waals surface area contributed by atoms with Crippen LogP contribution in [-0.4, -0.2) is 43.6 Å². The quantitative estimate of drug-likeness (QED) is 0.688. The molecule has 0 unspecified atom stereocenters. The van der Waals surface area contributed by atoms with Crippen molar-refractivity contribution in [3.05, 3.63) is 29.3 Å². The van der Waals surface area contributed by atoms with Gasteiger partial charge in [-0.2, -0.15) is 0 Å². The van der Waals surface area contributed by atoms with Gasteiger partial charge in [-0.15, -0.1) is 0 Å². The van der Waals surface area contributed by atoms with Crippen LogP contribution in [0.5, 0.6) is 0 Å². The third-order valence-corrected chi connectivity index (χ3v) is 3.67. The van der Waals surface area contributed by atoms with Crippen molar-refractivity contribution in [3.63, 3.8) is 0 Å². The van der Waals surface area contributed by atoms with Gasteiger partial charge in [0.15, 0.2) is 5.96 Å². The minimum atomic E-state index is 0.545. The molecule has 0 saturated carbocycles. The number of hydrogen-bond acceptors (Lipinski definition) is 2. The van der Waals surface area contributed by atoms with Crippen LogP contribution in [0.2, 0.25) is 5.02 Å². The van der Waals surface area contributed by atoms with Crippen molar-refractivity contribution < 1.29 is 0 Å². The van der Waals surface area contributed by atoms with E-state index in [0.717, 1.165) is 37.7 Å². The molecule has 1 aromatic rings. The zero-order chi connectivity index (χ0) is 14.5. The first-order chi connectivity index (χ1) is 9.56. The summed E-state index contributed by atoms with van der Waals surface area (Å²) in [6, 6.07) is 7.99. The number of halogens is 1. The number of anilines is 1. The third kappa shape index (κ3) is 4.04. The number of piperazine rings is 1. The lowest BCUT2D eigenvalue weighted by molar-refractivity contribution is 0.380. The van der Waals surface area contributed by atoms with Gasteiger partial charge in [0.2, 0.25) is 0 Å². The maximum Gasteiger partial charge on any atom is 0.191 e. The molecule has 0 spiro atoms. The van der Waals surface area contributed by atoms with Gasteiger partial charge in [0, 0.05) is 43.4 Å². The van der Waals surface area contributed by atoms with Gasteiger partial charge in [-0.05, 0) is 30.2 Å². The highest BCUT2D eigenvalue weighted by molar-refractivity contribution is 6.30. The molecule has 0 bridgehead atoms. The molecule has 0 atom stereocenters. The van der Waals surface area contributed by atoms with E-state index in [9.17, 15) is 0 Å². The molecule has 2 N–H and O–H groups in total. The summed E-state index contributed by atoms with van der Waals surface area (Å²) in [5, 5.41) is 0.775. The van der Waals surface area contributed by atoms with Crippen molar-refractivity contribution in [2.45, 2.75) is 13.8 Å². The fraction of sp³-hybridized carbons (Fsp3) is 0.533. The Morgan fingerprint density at radius 2 is 1.80 bits per heavy atom. The summed E-state index contributed by atoms with van der Waals surface area (Å²) in [5.74, 6) is 1.22. The molecular formula is C15H23ClN4. The van der Waals surface area contributed by atoms with E-state index in [1.54, 1.807) is 0 Å². The molecular weight excluding hydrogens is 272 g/mol. The van der Waals surface area contributed by atoms with Crippen LogP contribution < -0.4 is 10.6 Å². The second-order valence-electron chi connectivity index (χ2n) is 5.54. The fourth-order valence-electron chi connectivity index (χ4n) is 2.22. The smallest absolute Gasteiger partial charge is 0.191 e. The Labute approximate surface area is 126 Å². The van der Waals surface area contributed by atoms with Crippen LogP contribution in [0, 0.1) is 5.92 Å². The van der Waals surface area contributed by atoms with Crippen molar-refractivity contribution in [1.29, 1.82) is 0 Å². The predicted octanol–water partition coefficient (Wildman–Crippen LogP) is 2.43. The molecule has 4 nitrogen and oxygen atoms in total. The van der Waals surface area contributed by atoms with E-state index in [0.29, 0.717) is 11.9 Å². The van der Waals surface area contributed by atoms with Crippen LogP contribution >= 0.6 is 11.6 Å². The Kier molecular flexibility index (Phi) is 5.12. The summed E-state index contributed by atoms with van der Waals surface area (Å²) in [4.78, 5) is 8.95. The van der Waals surface area contributed by atoms with Crippen molar-refractivity contribution >= 4 is 23.2 Å². The van der Waals surface area contributed by atoms with E-state index >= 15 is 0 Å². The van der Waals surface area contributed by atoms with Crippen molar-refractivity contribution in [1.82, 2.24) is 4.90 Å². The SMILES string of the molecule is CC(C)CN=C(N)N1CCN(c2ccc(Cl)cc2)CC1. The molecule has 2 rings (SSSR count). The summed E-state index contributed by atoms with van der Waals surface area (Å²) in [5.41, 5.74) is 7.26. The Hall–Kier alpha value is -1.42. The Morgan fingerprint density at radius 3 is 2.35 bits per heavy atom. The average molecular weight is 295 g/mol. The summed E-state index contributed by atoms with van der Waals surface area (Å²) in [6.07, 6.45) is 0. The molecule has 0 aliphatic carbocycles. The van der Waals surface area contributed by atoms with Crippen molar-refractivity contribution in [3.8, 4) is 0 Å². The lowest BCUT2D eigenvalue weighted by atomic mass is 10.2. The molecule has 1 aliphatic rings. The van der Waals surface area contributed by atoms with E-state index in [4.69, 9.17) is 17.3 Å². The Balaban J connectivity index is 1.89. The van der Waals surface area contributed by atoms with Gasteiger partial charge >= 0.3 is 0 Å². The number of hydrogen-bond donors (Lipinski definition) is 1. The number of nitrogens with zero attached hydrogens (tertiary/aromatic N) is 3. The molecule has 110 valence electrons. The first-order valence-electron chi connectivity index (χ1n) is 7.11. The number of aliphatic imine (C=N–C) groups is 1. The minimum absolute atomic E-state index is 0.545. The zero-order valence-corrected chi connectivity index (χ0v) is 13.0. The minimum Gasteiger partial charge on any atom is -0.370 e. The van der Waals surface area contributed by atoms with E-state index in [-0.39, 0.29) is 0 Å². The Morgan fingerprint density at radius 1 is 1.20 bits per heavy atom. The predicted molar refractivity (Wildman–Crippen MR) is 86.6 cm³/mol. The van der Waals surface area contributed by atoms with Crippen LogP contribution in [-0.2, 0) is 0 Å². The van der Waals surface area contributed by atoms with Crippen LogP contribution in [0.25, 0.3) is 0 Å². The van der Waals surface area contributed by atoms with Gasteiger partial charge in [0.1, 0.15) is 0 Å². The standard InChI is InChI=1S/C15H23ClN4/c1-12(2)11-18-15(17)20-9-7-19(8-10-20)14-5-3-13(16)4-6-14/h3-6,12H,7-11H2,1-2H3,(H2,17,18). The summed E-state index contributed by atoms with van der Waals surface area (Å²) < 4.78 is 0. The number of nitrogens with two attached hydrogens (primary N) is 1. The normalized spacial score (nSPS) is 16.9. The van der Waals surface area contributed by atoms with E-state index in [1.807, 2.05) is 12.1 Å². The molecule has 1 heterocycles. The topological polar surface area (TPSA) is 44.9 Å². The average Bonchev–Trinajstić information content (AvgIpc) is 2.46. The second kappa shape index (κ2) is 6.84. The van der Waals surface area contributed by atoms with Crippen molar-refractivity contribution in [2.24, 2.45) is 16.6 Å². The summed E-state index contributed by atoms with van der Waals surface area (Å²) >= 11 is 5.92. The largest absolute Gasteiger partial charge is 0.370 e. The molecule has 0 aromatic heterocycles. The highest BCUT2D eigenvalue weighted by Gasteiger charge is 2.18. The van der Waals surface area contributed by atoms with Gasteiger partial charge in [-0.3, -0.25) is 4.99 Å². The summed E-state index contributed by atoms with van der Waals surface area (Å²) in [6.45, 7) is 8.83. The molecule has 1 aliphatic heterocycles. The lowest BCUT2D eigenvalue weighted by Crippen LogP contribution is -2.51. The van der Waals surface area contributed by atoms with Crippen LogP contribution in [0.15, 0.2) is 29.3 Å².